The van der Waals surface area contributed by atoms with Gasteiger partial charge in [0.05, 0.1) is 0 Å². The fraction of sp³-hybridized carbons (Fsp3) is 0.0526. The minimum atomic E-state index is -0.704. The average molecular weight is 383 g/mol. The summed E-state index contributed by atoms with van der Waals surface area (Å²) in [6, 6.07) is 18.6. The Bertz CT molecular complexity index is 932. The third kappa shape index (κ3) is 3.46. The lowest BCUT2D eigenvalue weighted by Crippen LogP contribution is -2.29. The summed E-state index contributed by atoms with van der Waals surface area (Å²) in [7, 11) is 0. The Morgan fingerprint density at radius 1 is 0.875 bits per heavy atom. The molecule has 0 spiro atoms. The summed E-state index contributed by atoms with van der Waals surface area (Å²) in [4.78, 5) is 24.3. The minimum absolute atomic E-state index is 0.578. The van der Waals surface area contributed by atoms with Gasteiger partial charge in [-0.3, -0.25) is 9.59 Å². The van der Waals surface area contributed by atoms with Gasteiger partial charge in [-0.25, -0.2) is 0 Å². The third-order valence-electron chi connectivity index (χ3n) is 3.66. The first-order chi connectivity index (χ1) is 11.5. The highest BCUT2D eigenvalue weighted by atomic mass is 79.9. The predicted octanol–water partition coefficient (Wildman–Crippen LogP) is 4.49. The number of nitrogens with one attached hydrogen (secondary N) is 2. The van der Waals surface area contributed by atoms with E-state index in [9.17, 15) is 9.59 Å². The molecule has 24 heavy (non-hydrogen) atoms. The minimum Gasteiger partial charge on any atom is -0.318 e. The molecule has 0 aromatic heterocycles. The Kier molecular flexibility index (Phi) is 4.62. The molecule has 0 bridgehead atoms. The van der Waals surface area contributed by atoms with E-state index in [2.05, 4.69) is 26.6 Å². The standard InChI is InChI=1S/C19H15BrN2O2/c1-12-11-14(9-10-16(12)20)21-18(23)19(24)22-17-8-4-6-13-5-2-3-7-15(13)17/h2-11H,1H3,(H,21,23)(H,22,24). The topological polar surface area (TPSA) is 58.2 Å². The average Bonchev–Trinajstić information content (AvgIpc) is 2.58. The van der Waals surface area contributed by atoms with Crippen LogP contribution in [0.1, 0.15) is 5.56 Å². The van der Waals surface area contributed by atoms with Gasteiger partial charge in [0.25, 0.3) is 0 Å². The first-order valence-electron chi connectivity index (χ1n) is 7.41. The highest BCUT2D eigenvalue weighted by Crippen LogP contribution is 2.23. The monoisotopic (exact) mass is 382 g/mol. The number of anilines is 2. The van der Waals surface area contributed by atoms with E-state index in [1.54, 1.807) is 18.2 Å². The molecule has 3 aromatic rings. The smallest absolute Gasteiger partial charge is 0.314 e. The van der Waals surface area contributed by atoms with E-state index in [-0.39, 0.29) is 0 Å². The Morgan fingerprint density at radius 2 is 1.58 bits per heavy atom. The maximum atomic E-state index is 12.2. The second-order valence-corrected chi connectivity index (χ2v) is 6.25. The summed E-state index contributed by atoms with van der Waals surface area (Å²) in [5.74, 6) is -1.41. The van der Waals surface area contributed by atoms with Crippen LogP contribution in [0.2, 0.25) is 0 Å². The Labute approximate surface area is 148 Å². The zero-order valence-corrected chi connectivity index (χ0v) is 14.6. The van der Waals surface area contributed by atoms with Gasteiger partial charge in [-0.05, 0) is 42.1 Å². The molecule has 2 N–H and O–H groups in total. The summed E-state index contributed by atoms with van der Waals surface area (Å²) < 4.78 is 0.945. The number of benzene rings is 3. The van der Waals surface area contributed by atoms with E-state index in [4.69, 9.17) is 0 Å². The molecule has 0 aliphatic rings. The number of hydrogen-bond donors (Lipinski definition) is 2. The van der Waals surface area contributed by atoms with Crippen molar-refractivity contribution in [3.05, 3.63) is 70.7 Å². The van der Waals surface area contributed by atoms with E-state index in [0.29, 0.717) is 11.4 Å². The second-order valence-electron chi connectivity index (χ2n) is 5.40. The highest BCUT2D eigenvalue weighted by molar-refractivity contribution is 9.10. The van der Waals surface area contributed by atoms with Gasteiger partial charge in [-0.15, -0.1) is 0 Å². The molecule has 0 unspecified atom stereocenters. The number of fused-ring (bicyclic) bond motifs is 1. The largest absolute Gasteiger partial charge is 0.318 e. The Morgan fingerprint density at radius 3 is 2.38 bits per heavy atom. The quantitative estimate of drug-likeness (QED) is 0.641. The molecule has 4 nitrogen and oxygen atoms in total. The molecule has 3 rings (SSSR count). The maximum absolute atomic E-state index is 12.2. The van der Waals surface area contributed by atoms with Crippen LogP contribution in [0.5, 0.6) is 0 Å². The van der Waals surface area contributed by atoms with Gasteiger partial charge < -0.3 is 10.6 Å². The van der Waals surface area contributed by atoms with Crippen LogP contribution in [0.3, 0.4) is 0 Å². The van der Waals surface area contributed by atoms with Crippen LogP contribution in [0.25, 0.3) is 10.8 Å². The molecule has 0 aliphatic carbocycles. The lowest BCUT2D eigenvalue weighted by Gasteiger charge is -2.10. The summed E-state index contributed by atoms with van der Waals surface area (Å²) in [5.41, 5.74) is 2.16. The molecular weight excluding hydrogens is 368 g/mol. The lowest BCUT2D eigenvalue weighted by molar-refractivity contribution is -0.132. The predicted molar refractivity (Wildman–Crippen MR) is 100 cm³/mol. The number of hydrogen-bond acceptors (Lipinski definition) is 2. The van der Waals surface area contributed by atoms with Gasteiger partial charge in [0.1, 0.15) is 0 Å². The highest BCUT2D eigenvalue weighted by Gasteiger charge is 2.15. The van der Waals surface area contributed by atoms with Crippen molar-refractivity contribution in [3.63, 3.8) is 0 Å². The Balaban J connectivity index is 1.76. The fourth-order valence-corrected chi connectivity index (χ4v) is 2.67. The van der Waals surface area contributed by atoms with Crippen molar-refractivity contribution in [2.45, 2.75) is 6.92 Å². The van der Waals surface area contributed by atoms with E-state index in [1.807, 2.05) is 49.4 Å². The molecular formula is C19H15BrN2O2. The number of aryl methyl sites for hydroxylation is 1. The van der Waals surface area contributed by atoms with Crippen LogP contribution in [0.15, 0.2) is 65.1 Å². The number of carbonyl (C=O) groups excluding carboxylic acids is 2. The molecule has 0 saturated heterocycles. The van der Waals surface area contributed by atoms with Crippen molar-refractivity contribution in [3.8, 4) is 0 Å². The van der Waals surface area contributed by atoms with Gasteiger partial charge in [0.15, 0.2) is 0 Å². The van der Waals surface area contributed by atoms with Crippen molar-refractivity contribution >= 4 is 49.9 Å². The molecule has 3 aromatic carbocycles. The second kappa shape index (κ2) is 6.84. The van der Waals surface area contributed by atoms with E-state index in [1.165, 1.54) is 0 Å². The molecule has 120 valence electrons. The van der Waals surface area contributed by atoms with Gasteiger partial charge in [0, 0.05) is 21.2 Å². The van der Waals surface area contributed by atoms with Crippen molar-refractivity contribution in [1.29, 1.82) is 0 Å². The van der Waals surface area contributed by atoms with Crippen LogP contribution < -0.4 is 10.6 Å². The fourth-order valence-electron chi connectivity index (χ4n) is 2.42. The molecule has 0 heterocycles. The molecule has 0 radical (unpaired) electrons. The van der Waals surface area contributed by atoms with E-state index in [0.717, 1.165) is 20.8 Å². The van der Waals surface area contributed by atoms with Crippen LogP contribution in [0, 0.1) is 6.92 Å². The summed E-state index contributed by atoms with van der Waals surface area (Å²) >= 11 is 3.40. The van der Waals surface area contributed by atoms with E-state index >= 15 is 0 Å². The van der Waals surface area contributed by atoms with Crippen LogP contribution >= 0.6 is 15.9 Å². The first-order valence-corrected chi connectivity index (χ1v) is 8.20. The summed E-state index contributed by atoms with van der Waals surface area (Å²) in [6.45, 7) is 1.91. The summed E-state index contributed by atoms with van der Waals surface area (Å²) in [6.07, 6.45) is 0. The van der Waals surface area contributed by atoms with Crippen molar-refractivity contribution in [2.75, 3.05) is 10.6 Å². The van der Waals surface area contributed by atoms with Crippen LogP contribution in [-0.4, -0.2) is 11.8 Å². The third-order valence-corrected chi connectivity index (χ3v) is 4.55. The molecule has 2 amide bonds. The van der Waals surface area contributed by atoms with Crippen molar-refractivity contribution in [2.24, 2.45) is 0 Å². The first kappa shape index (κ1) is 16.2. The summed E-state index contributed by atoms with van der Waals surface area (Å²) in [5, 5.41) is 7.17. The molecule has 0 aliphatic heterocycles. The van der Waals surface area contributed by atoms with Gasteiger partial charge in [-0.2, -0.15) is 0 Å². The number of halogens is 1. The molecule has 0 fully saturated rings. The molecule has 5 heteroatoms. The van der Waals surface area contributed by atoms with Crippen molar-refractivity contribution in [1.82, 2.24) is 0 Å². The Hall–Kier alpha value is -2.66. The zero-order valence-electron chi connectivity index (χ0n) is 13.0. The van der Waals surface area contributed by atoms with Gasteiger partial charge in [-0.1, -0.05) is 52.3 Å². The SMILES string of the molecule is Cc1cc(NC(=O)C(=O)Nc2cccc3ccccc23)ccc1Br. The van der Waals surface area contributed by atoms with Crippen molar-refractivity contribution < 1.29 is 9.59 Å². The molecule has 0 saturated carbocycles. The number of rotatable bonds is 2. The van der Waals surface area contributed by atoms with Gasteiger partial charge in [0.2, 0.25) is 0 Å². The van der Waals surface area contributed by atoms with Gasteiger partial charge >= 0.3 is 11.8 Å². The molecule has 0 atom stereocenters. The number of carbonyl (C=O) groups is 2. The van der Waals surface area contributed by atoms with Crippen LogP contribution in [0.4, 0.5) is 11.4 Å². The van der Waals surface area contributed by atoms with E-state index < -0.39 is 11.8 Å². The number of amides is 2. The maximum Gasteiger partial charge on any atom is 0.314 e. The zero-order chi connectivity index (χ0) is 17.1. The normalized spacial score (nSPS) is 10.4. The van der Waals surface area contributed by atoms with Crippen LogP contribution in [-0.2, 0) is 9.59 Å². The lowest BCUT2D eigenvalue weighted by atomic mass is 10.1.